The van der Waals surface area contributed by atoms with E-state index in [1.165, 1.54) is 12.4 Å². The summed E-state index contributed by atoms with van der Waals surface area (Å²) in [6, 6.07) is 5.75. The highest BCUT2D eigenvalue weighted by Gasteiger charge is 2.04. The molecular weight excluding hydrogens is 232 g/mol. The summed E-state index contributed by atoms with van der Waals surface area (Å²) in [7, 11) is 0. The summed E-state index contributed by atoms with van der Waals surface area (Å²) in [6.45, 7) is 0.665. The van der Waals surface area contributed by atoms with Crippen LogP contribution in [0.25, 0.3) is 0 Å². The van der Waals surface area contributed by atoms with Gasteiger partial charge in [0, 0.05) is 24.9 Å². The summed E-state index contributed by atoms with van der Waals surface area (Å²) in [6.07, 6.45) is 5.15. The molecule has 6 heteroatoms. The first kappa shape index (κ1) is 12.0. The monoisotopic (exact) mass is 244 g/mol. The van der Waals surface area contributed by atoms with Gasteiger partial charge in [0.05, 0.1) is 12.4 Å². The fourth-order valence-corrected chi connectivity index (χ4v) is 1.39. The molecule has 2 aromatic heterocycles. The third-order valence-corrected chi connectivity index (χ3v) is 2.28. The van der Waals surface area contributed by atoms with E-state index in [0.29, 0.717) is 12.4 Å². The summed E-state index contributed by atoms with van der Waals surface area (Å²) in [4.78, 5) is 22.5. The molecule has 2 aromatic rings. The molecule has 0 saturated heterocycles. The van der Waals surface area contributed by atoms with Crippen molar-refractivity contribution < 1.29 is 9.90 Å². The molecule has 0 aliphatic rings. The Hall–Kier alpha value is -2.50. The highest BCUT2D eigenvalue weighted by atomic mass is 16.4. The molecule has 0 saturated carbocycles. The van der Waals surface area contributed by atoms with Crippen molar-refractivity contribution in [3.05, 3.63) is 48.2 Å². The number of carboxylic acid groups (broad SMARTS) is 1. The zero-order chi connectivity index (χ0) is 12.8. The minimum Gasteiger partial charge on any atom is -0.476 e. The van der Waals surface area contributed by atoms with Gasteiger partial charge in [-0.1, -0.05) is 6.07 Å². The number of carbonyl (C=O) groups is 1. The molecular formula is C12H12N4O2. The number of carboxylic acids is 1. The van der Waals surface area contributed by atoms with Crippen LogP contribution in [0.4, 0.5) is 5.82 Å². The lowest BCUT2D eigenvalue weighted by atomic mass is 10.3. The SMILES string of the molecule is O=C(O)c1cnc(NCCc2ccccn2)cn1. The van der Waals surface area contributed by atoms with Crippen LogP contribution in [0.1, 0.15) is 16.2 Å². The van der Waals surface area contributed by atoms with Crippen LogP contribution in [0, 0.1) is 0 Å². The predicted octanol–water partition coefficient (Wildman–Crippen LogP) is 1.22. The fourth-order valence-electron chi connectivity index (χ4n) is 1.39. The number of aromatic carboxylic acids is 1. The highest BCUT2D eigenvalue weighted by molar-refractivity contribution is 5.84. The van der Waals surface area contributed by atoms with Crippen molar-refractivity contribution in [2.24, 2.45) is 0 Å². The van der Waals surface area contributed by atoms with Gasteiger partial charge in [0.1, 0.15) is 5.82 Å². The van der Waals surface area contributed by atoms with E-state index >= 15 is 0 Å². The van der Waals surface area contributed by atoms with Crippen molar-refractivity contribution in [2.45, 2.75) is 6.42 Å². The predicted molar refractivity (Wildman–Crippen MR) is 65.4 cm³/mol. The van der Waals surface area contributed by atoms with Crippen LogP contribution in [-0.2, 0) is 6.42 Å². The molecule has 0 radical (unpaired) electrons. The number of pyridine rings is 1. The van der Waals surface area contributed by atoms with E-state index in [1.807, 2.05) is 18.2 Å². The Bertz CT molecular complexity index is 513. The van der Waals surface area contributed by atoms with Crippen LogP contribution >= 0.6 is 0 Å². The van der Waals surface area contributed by atoms with Crippen LogP contribution in [0.3, 0.4) is 0 Å². The molecule has 0 amide bonds. The lowest BCUT2D eigenvalue weighted by Gasteiger charge is -2.04. The topological polar surface area (TPSA) is 88.0 Å². The molecule has 0 aromatic carbocycles. The maximum atomic E-state index is 10.6. The summed E-state index contributed by atoms with van der Waals surface area (Å²) in [5.41, 5.74) is 0.922. The van der Waals surface area contributed by atoms with Crippen molar-refractivity contribution >= 4 is 11.8 Å². The van der Waals surface area contributed by atoms with Gasteiger partial charge in [0.2, 0.25) is 0 Å². The van der Waals surface area contributed by atoms with E-state index in [-0.39, 0.29) is 5.69 Å². The number of nitrogens with one attached hydrogen (secondary N) is 1. The molecule has 0 aliphatic heterocycles. The van der Waals surface area contributed by atoms with E-state index in [4.69, 9.17) is 5.11 Å². The second kappa shape index (κ2) is 5.72. The average Bonchev–Trinajstić information content (AvgIpc) is 2.40. The lowest BCUT2D eigenvalue weighted by Crippen LogP contribution is -2.09. The van der Waals surface area contributed by atoms with Gasteiger partial charge < -0.3 is 10.4 Å². The summed E-state index contributed by atoms with van der Waals surface area (Å²) >= 11 is 0. The van der Waals surface area contributed by atoms with Crippen molar-refractivity contribution in [3.8, 4) is 0 Å². The van der Waals surface area contributed by atoms with Crippen molar-refractivity contribution in [1.82, 2.24) is 15.0 Å². The van der Waals surface area contributed by atoms with Crippen LogP contribution in [-0.4, -0.2) is 32.6 Å². The first-order valence-electron chi connectivity index (χ1n) is 5.45. The Kier molecular flexibility index (Phi) is 3.80. The van der Waals surface area contributed by atoms with E-state index in [2.05, 4.69) is 20.3 Å². The van der Waals surface area contributed by atoms with Crippen molar-refractivity contribution in [3.63, 3.8) is 0 Å². The number of hydrogen-bond acceptors (Lipinski definition) is 5. The first-order chi connectivity index (χ1) is 8.75. The summed E-state index contributed by atoms with van der Waals surface area (Å²) in [5.74, 6) is -0.529. The lowest BCUT2D eigenvalue weighted by molar-refractivity contribution is 0.0690. The number of rotatable bonds is 5. The normalized spacial score (nSPS) is 10.0. The fraction of sp³-hybridized carbons (Fsp3) is 0.167. The van der Waals surface area contributed by atoms with Crippen molar-refractivity contribution in [2.75, 3.05) is 11.9 Å². The maximum absolute atomic E-state index is 10.6. The van der Waals surface area contributed by atoms with E-state index in [1.54, 1.807) is 6.20 Å². The second-order valence-electron chi connectivity index (χ2n) is 3.59. The van der Waals surface area contributed by atoms with Crippen LogP contribution in [0.2, 0.25) is 0 Å². The van der Waals surface area contributed by atoms with Crippen molar-refractivity contribution in [1.29, 1.82) is 0 Å². The van der Waals surface area contributed by atoms with E-state index < -0.39 is 5.97 Å². The summed E-state index contributed by atoms with van der Waals surface area (Å²) < 4.78 is 0. The Morgan fingerprint density at radius 2 is 2.11 bits per heavy atom. The van der Waals surface area contributed by atoms with Gasteiger partial charge in [-0.3, -0.25) is 4.98 Å². The molecule has 18 heavy (non-hydrogen) atoms. The quantitative estimate of drug-likeness (QED) is 0.822. The molecule has 6 nitrogen and oxygen atoms in total. The molecule has 0 fully saturated rings. The molecule has 2 rings (SSSR count). The smallest absolute Gasteiger partial charge is 0.356 e. The van der Waals surface area contributed by atoms with Gasteiger partial charge in [-0.2, -0.15) is 0 Å². The van der Waals surface area contributed by atoms with E-state index in [9.17, 15) is 4.79 Å². The first-order valence-corrected chi connectivity index (χ1v) is 5.45. The van der Waals surface area contributed by atoms with Crippen LogP contribution in [0.15, 0.2) is 36.8 Å². The highest BCUT2D eigenvalue weighted by Crippen LogP contribution is 2.02. The third kappa shape index (κ3) is 3.24. The molecule has 0 spiro atoms. The third-order valence-electron chi connectivity index (χ3n) is 2.28. The van der Waals surface area contributed by atoms with E-state index in [0.717, 1.165) is 12.1 Å². The number of anilines is 1. The van der Waals surface area contributed by atoms with Gasteiger partial charge >= 0.3 is 5.97 Å². The van der Waals surface area contributed by atoms with Gasteiger partial charge in [0.15, 0.2) is 5.69 Å². The standard InChI is InChI=1S/C12H12N4O2/c17-12(18)10-7-16-11(8-15-10)14-6-4-9-3-1-2-5-13-9/h1-3,5,7-8H,4,6H2,(H,14,16)(H,17,18). The Morgan fingerprint density at radius 1 is 1.22 bits per heavy atom. The number of nitrogens with zero attached hydrogens (tertiary/aromatic N) is 3. The van der Waals surface area contributed by atoms with Gasteiger partial charge in [-0.05, 0) is 12.1 Å². The summed E-state index contributed by atoms with van der Waals surface area (Å²) in [5, 5.41) is 11.7. The molecule has 0 unspecified atom stereocenters. The molecule has 92 valence electrons. The minimum absolute atomic E-state index is 0.0646. The molecule has 0 bridgehead atoms. The second-order valence-corrected chi connectivity index (χ2v) is 3.59. The Morgan fingerprint density at radius 3 is 2.72 bits per heavy atom. The van der Waals surface area contributed by atoms with Crippen LogP contribution in [0.5, 0.6) is 0 Å². The number of hydrogen-bond donors (Lipinski definition) is 2. The minimum atomic E-state index is -1.08. The molecule has 2 N–H and O–H groups in total. The molecule has 0 atom stereocenters. The molecule has 2 heterocycles. The Labute approximate surface area is 104 Å². The largest absolute Gasteiger partial charge is 0.476 e. The number of aromatic nitrogens is 3. The zero-order valence-corrected chi connectivity index (χ0v) is 9.58. The Balaban J connectivity index is 1.85. The van der Waals surface area contributed by atoms with Gasteiger partial charge in [-0.25, -0.2) is 14.8 Å². The molecule has 0 aliphatic carbocycles. The van der Waals surface area contributed by atoms with Crippen LogP contribution < -0.4 is 5.32 Å². The van der Waals surface area contributed by atoms with Gasteiger partial charge in [-0.15, -0.1) is 0 Å². The average molecular weight is 244 g/mol. The zero-order valence-electron chi connectivity index (χ0n) is 9.58. The maximum Gasteiger partial charge on any atom is 0.356 e. The van der Waals surface area contributed by atoms with Gasteiger partial charge in [0.25, 0.3) is 0 Å².